The van der Waals surface area contributed by atoms with Crippen LogP contribution < -0.4 is 15.4 Å². The van der Waals surface area contributed by atoms with E-state index < -0.39 is 0 Å². The summed E-state index contributed by atoms with van der Waals surface area (Å²) in [6.45, 7) is 2.70. The van der Waals surface area contributed by atoms with Gasteiger partial charge in [-0.3, -0.25) is 10.1 Å². The van der Waals surface area contributed by atoms with Crippen LogP contribution >= 0.6 is 23.6 Å². The second-order valence-electron chi connectivity index (χ2n) is 5.77. The van der Waals surface area contributed by atoms with Crippen molar-refractivity contribution in [1.82, 2.24) is 10.3 Å². The van der Waals surface area contributed by atoms with Gasteiger partial charge in [-0.15, -0.1) is 0 Å². The Morgan fingerprint density at radius 3 is 2.96 bits per heavy atom. The van der Waals surface area contributed by atoms with E-state index in [1.54, 1.807) is 24.3 Å². The average molecular weight is 404 g/mol. The summed E-state index contributed by atoms with van der Waals surface area (Å²) in [4.78, 5) is 16.7. The van der Waals surface area contributed by atoms with Crippen molar-refractivity contribution in [2.75, 3.05) is 11.9 Å². The fraction of sp³-hybridized carbons (Fsp3) is 0.211. The second kappa shape index (κ2) is 8.88. The van der Waals surface area contributed by atoms with Gasteiger partial charge >= 0.3 is 0 Å². The number of unbranched alkanes of at least 4 members (excludes halogenated alkanes) is 1. The Morgan fingerprint density at radius 1 is 1.30 bits per heavy atom. The third-order valence-electron chi connectivity index (χ3n) is 3.66. The summed E-state index contributed by atoms with van der Waals surface area (Å²) >= 11 is 6.43. The standard InChI is InChI=1S/C19H18FN3O2S2/c1-2-3-9-25-14-6-4-5-12(10-14)17(24)22-18(26)23-19-21-15-8-7-13(20)11-16(15)27-19/h4-8,10-11H,2-3,9H2,1H3,(H2,21,22,23,24,26). The van der Waals surface area contributed by atoms with Gasteiger partial charge in [0.2, 0.25) is 0 Å². The normalized spacial score (nSPS) is 10.6. The van der Waals surface area contributed by atoms with Crippen LogP contribution in [0.2, 0.25) is 0 Å². The molecule has 0 radical (unpaired) electrons. The first-order chi connectivity index (χ1) is 13.0. The Morgan fingerprint density at radius 2 is 2.15 bits per heavy atom. The molecule has 2 N–H and O–H groups in total. The Bertz CT molecular complexity index is 974. The van der Waals surface area contributed by atoms with E-state index in [-0.39, 0.29) is 16.8 Å². The van der Waals surface area contributed by atoms with E-state index in [0.717, 1.165) is 12.8 Å². The minimum Gasteiger partial charge on any atom is -0.494 e. The molecule has 3 aromatic rings. The second-order valence-corrected chi connectivity index (χ2v) is 7.21. The van der Waals surface area contributed by atoms with Crippen molar-refractivity contribution in [2.24, 2.45) is 0 Å². The number of rotatable bonds is 6. The Balaban J connectivity index is 1.61. The van der Waals surface area contributed by atoms with Crippen molar-refractivity contribution in [2.45, 2.75) is 19.8 Å². The molecule has 8 heteroatoms. The molecule has 0 saturated carbocycles. The molecule has 1 aromatic heterocycles. The Hall–Kier alpha value is -2.58. The summed E-state index contributed by atoms with van der Waals surface area (Å²) in [6, 6.07) is 11.3. The molecule has 0 atom stereocenters. The minimum atomic E-state index is -0.347. The van der Waals surface area contributed by atoms with E-state index in [1.165, 1.54) is 23.5 Å². The monoisotopic (exact) mass is 403 g/mol. The highest BCUT2D eigenvalue weighted by molar-refractivity contribution is 7.80. The molecule has 0 aliphatic rings. The number of fused-ring (bicyclic) bond motifs is 1. The molecule has 0 aliphatic carbocycles. The molecule has 0 saturated heterocycles. The predicted octanol–water partition coefficient (Wildman–Crippen LogP) is 4.74. The molecule has 0 bridgehead atoms. The van der Waals surface area contributed by atoms with E-state index in [4.69, 9.17) is 17.0 Å². The number of carbonyl (C=O) groups is 1. The Labute approximate surface area is 165 Å². The van der Waals surface area contributed by atoms with Gasteiger partial charge in [0.1, 0.15) is 11.6 Å². The van der Waals surface area contributed by atoms with Crippen LogP contribution in [0, 0.1) is 5.82 Å². The van der Waals surface area contributed by atoms with E-state index in [0.29, 0.717) is 33.3 Å². The first-order valence-corrected chi connectivity index (χ1v) is 9.69. The number of thiazole rings is 1. The third kappa shape index (κ3) is 5.21. The number of amides is 1. The lowest BCUT2D eigenvalue weighted by atomic mass is 10.2. The smallest absolute Gasteiger partial charge is 0.257 e. The van der Waals surface area contributed by atoms with Crippen LogP contribution in [0.25, 0.3) is 10.2 Å². The van der Waals surface area contributed by atoms with Crippen molar-refractivity contribution >= 4 is 49.9 Å². The number of thiocarbonyl (C=S) groups is 1. The number of hydrogen-bond donors (Lipinski definition) is 2. The van der Waals surface area contributed by atoms with E-state index in [9.17, 15) is 9.18 Å². The average Bonchev–Trinajstić information content (AvgIpc) is 3.03. The SMILES string of the molecule is CCCCOc1cccc(C(=O)NC(=S)Nc2nc3ccc(F)cc3s2)c1. The minimum absolute atomic E-state index is 0.122. The Kier molecular flexibility index (Phi) is 6.31. The van der Waals surface area contributed by atoms with Gasteiger partial charge in [0.25, 0.3) is 5.91 Å². The first-order valence-electron chi connectivity index (χ1n) is 8.46. The van der Waals surface area contributed by atoms with Gasteiger partial charge in [-0.25, -0.2) is 9.37 Å². The first kappa shape index (κ1) is 19.2. The van der Waals surface area contributed by atoms with Crippen LogP contribution in [0.1, 0.15) is 30.1 Å². The van der Waals surface area contributed by atoms with Crippen LogP contribution in [0.5, 0.6) is 5.75 Å². The molecule has 0 aliphatic heterocycles. The number of benzene rings is 2. The topological polar surface area (TPSA) is 63.2 Å². The van der Waals surface area contributed by atoms with Crippen molar-refractivity contribution < 1.29 is 13.9 Å². The molecule has 0 unspecified atom stereocenters. The van der Waals surface area contributed by atoms with Crippen molar-refractivity contribution in [3.8, 4) is 5.75 Å². The number of anilines is 1. The van der Waals surface area contributed by atoms with Crippen molar-refractivity contribution in [3.63, 3.8) is 0 Å². The molecule has 0 fully saturated rings. The lowest BCUT2D eigenvalue weighted by Crippen LogP contribution is -2.34. The summed E-state index contributed by atoms with van der Waals surface area (Å²) in [5.41, 5.74) is 1.11. The van der Waals surface area contributed by atoms with Gasteiger partial charge in [-0.05, 0) is 55.0 Å². The van der Waals surface area contributed by atoms with Gasteiger partial charge in [-0.2, -0.15) is 0 Å². The van der Waals surface area contributed by atoms with Crippen molar-refractivity contribution in [1.29, 1.82) is 0 Å². The number of nitrogens with zero attached hydrogens (tertiary/aromatic N) is 1. The lowest BCUT2D eigenvalue weighted by molar-refractivity contribution is 0.0977. The van der Waals surface area contributed by atoms with Gasteiger partial charge in [0, 0.05) is 5.56 Å². The molecule has 0 spiro atoms. The van der Waals surface area contributed by atoms with E-state index in [1.807, 2.05) is 6.07 Å². The van der Waals surface area contributed by atoms with Crippen molar-refractivity contribution in [3.05, 3.63) is 53.8 Å². The zero-order chi connectivity index (χ0) is 19.2. The fourth-order valence-corrected chi connectivity index (χ4v) is 3.47. The number of halogens is 1. The van der Waals surface area contributed by atoms with Gasteiger partial charge in [-0.1, -0.05) is 30.7 Å². The van der Waals surface area contributed by atoms with Crippen LogP contribution in [-0.4, -0.2) is 22.6 Å². The van der Waals surface area contributed by atoms with Gasteiger partial charge in [0.05, 0.1) is 16.8 Å². The number of hydrogen-bond acceptors (Lipinski definition) is 5. The highest BCUT2D eigenvalue weighted by atomic mass is 32.1. The number of carbonyl (C=O) groups excluding carboxylic acids is 1. The van der Waals surface area contributed by atoms with Crippen LogP contribution in [0.15, 0.2) is 42.5 Å². The fourth-order valence-electron chi connectivity index (χ4n) is 2.32. The number of aromatic nitrogens is 1. The highest BCUT2D eigenvalue weighted by Gasteiger charge is 2.11. The number of ether oxygens (including phenoxy) is 1. The summed E-state index contributed by atoms with van der Waals surface area (Å²) in [5, 5.41) is 6.08. The molecular formula is C19H18FN3O2S2. The maximum atomic E-state index is 13.3. The maximum Gasteiger partial charge on any atom is 0.257 e. The maximum absolute atomic E-state index is 13.3. The molecule has 1 amide bonds. The summed E-state index contributed by atoms with van der Waals surface area (Å²) < 4.78 is 19.6. The molecule has 2 aromatic carbocycles. The molecule has 27 heavy (non-hydrogen) atoms. The summed E-state index contributed by atoms with van der Waals surface area (Å²) in [7, 11) is 0. The zero-order valence-electron chi connectivity index (χ0n) is 14.6. The molecule has 3 rings (SSSR count). The highest BCUT2D eigenvalue weighted by Crippen LogP contribution is 2.26. The van der Waals surface area contributed by atoms with Gasteiger partial charge in [0.15, 0.2) is 10.2 Å². The van der Waals surface area contributed by atoms with Crippen LogP contribution in [0.3, 0.4) is 0 Å². The van der Waals surface area contributed by atoms with Crippen LogP contribution in [-0.2, 0) is 0 Å². The quantitative estimate of drug-likeness (QED) is 0.460. The third-order valence-corrected chi connectivity index (χ3v) is 4.80. The zero-order valence-corrected chi connectivity index (χ0v) is 16.3. The summed E-state index contributed by atoms with van der Waals surface area (Å²) in [6.07, 6.45) is 2.00. The molecule has 5 nitrogen and oxygen atoms in total. The predicted molar refractivity (Wildman–Crippen MR) is 110 cm³/mol. The van der Waals surface area contributed by atoms with Crippen LogP contribution in [0.4, 0.5) is 9.52 Å². The molecule has 1 heterocycles. The van der Waals surface area contributed by atoms with E-state index in [2.05, 4.69) is 22.5 Å². The number of nitrogens with one attached hydrogen (secondary N) is 2. The largest absolute Gasteiger partial charge is 0.494 e. The molecular weight excluding hydrogens is 385 g/mol. The van der Waals surface area contributed by atoms with Gasteiger partial charge < -0.3 is 10.1 Å². The summed E-state index contributed by atoms with van der Waals surface area (Å²) in [5.74, 6) is -0.0293. The lowest BCUT2D eigenvalue weighted by Gasteiger charge is -2.09. The van der Waals surface area contributed by atoms with E-state index >= 15 is 0 Å². The molecule has 140 valence electrons.